The fraction of sp³-hybridized carbons (Fsp3) is 0.467. The highest BCUT2D eigenvalue weighted by Crippen LogP contribution is 2.10. The highest BCUT2D eigenvalue weighted by molar-refractivity contribution is 5.78. The molecule has 0 radical (unpaired) electrons. The summed E-state index contributed by atoms with van der Waals surface area (Å²) in [5, 5.41) is 12.2. The quantitative estimate of drug-likeness (QED) is 0.881. The molecule has 0 bridgehead atoms. The molecule has 1 heterocycles. The van der Waals surface area contributed by atoms with Gasteiger partial charge in [-0.2, -0.15) is 5.26 Å². The molecule has 0 aliphatic carbocycles. The Hall–Kier alpha value is -1.97. The van der Waals surface area contributed by atoms with Crippen molar-refractivity contribution in [3.8, 4) is 6.07 Å². The zero-order valence-electron chi connectivity index (χ0n) is 12.1. The van der Waals surface area contributed by atoms with Crippen LogP contribution in [0, 0.1) is 17.1 Å². The lowest BCUT2D eigenvalue weighted by Gasteiger charge is -2.32. The number of carbonyl (C=O) groups is 1. The van der Waals surface area contributed by atoms with E-state index in [0.29, 0.717) is 18.7 Å². The van der Waals surface area contributed by atoms with Crippen LogP contribution < -0.4 is 5.32 Å². The first-order valence-electron chi connectivity index (χ1n) is 6.93. The van der Waals surface area contributed by atoms with Gasteiger partial charge in [-0.3, -0.25) is 9.69 Å². The number of amides is 1. The van der Waals surface area contributed by atoms with Crippen LogP contribution in [0.4, 0.5) is 4.39 Å². The second kappa shape index (κ2) is 7.16. The van der Waals surface area contributed by atoms with Gasteiger partial charge in [-0.05, 0) is 6.07 Å². The van der Waals surface area contributed by atoms with Gasteiger partial charge in [-0.1, -0.05) is 18.2 Å². The monoisotopic (exact) mass is 290 g/mol. The van der Waals surface area contributed by atoms with Crippen molar-refractivity contribution in [2.45, 2.75) is 12.6 Å². The molecule has 1 saturated heterocycles. The lowest BCUT2D eigenvalue weighted by atomic mass is 10.2. The molecular weight excluding hydrogens is 271 g/mol. The number of halogens is 1. The Balaban J connectivity index is 1.93. The van der Waals surface area contributed by atoms with Gasteiger partial charge in [0.25, 0.3) is 0 Å². The third-order valence-corrected chi connectivity index (χ3v) is 3.63. The highest BCUT2D eigenvalue weighted by atomic mass is 19.1. The fourth-order valence-corrected chi connectivity index (χ4v) is 2.33. The Kier molecular flexibility index (Phi) is 5.26. The second-order valence-corrected chi connectivity index (χ2v) is 5.16. The summed E-state index contributed by atoms with van der Waals surface area (Å²) in [5.74, 6) is -0.422. The molecule has 6 heteroatoms. The molecule has 1 aliphatic rings. The summed E-state index contributed by atoms with van der Waals surface area (Å²) in [6.07, 6.45) is 0. The number of nitriles is 1. The Labute approximate surface area is 123 Å². The average Bonchev–Trinajstić information content (AvgIpc) is 2.50. The van der Waals surface area contributed by atoms with Crippen LogP contribution in [-0.2, 0) is 11.3 Å². The molecule has 0 spiro atoms. The molecule has 1 atom stereocenters. The first-order valence-corrected chi connectivity index (χ1v) is 6.93. The van der Waals surface area contributed by atoms with Crippen LogP contribution in [0.5, 0.6) is 0 Å². The molecule has 1 fully saturated rings. The van der Waals surface area contributed by atoms with Crippen molar-refractivity contribution < 1.29 is 9.18 Å². The van der Waals surface area contributed by atoms with Gasteiger partial charge < -0.3 is 10.2 Å². The van der Waals surface area contributed by atoms with Crippen molar-refractivity contribution >= 4 is 5.91 Å². The van der Waals surface area contributed by atoms with Crippen LogP contribution in [-0.4, -0.2) is 55.0 Å². The number of nitrogens with one attached hydrogen (secondary N) is 1. The molecule has 2 rings (SSSR count). The van der Waals surface area contributed by atoms with Crippen LogP contribution in [0.25, 0.3) is 0 Å². The summed E-state index contributed by atoms with van der Waals surface area (Å²) >= 11 is 0. The number of hydrogen-bond acceptors (Lipinski definition) is 4. The zero-order chi connectivity index (χ0) is 15.2. The zero-order valence-corrected chi connectivity index (χ0v) is 12.1. The van der Waals surface area contributed by atoms with Crippen molar-refractivity contribution in [3.05, 3.63) is 35.6 Å². The number of likely N-dealkylation sites (N-methyl/N-ethyl adjacent to an activating group) is 1. The van der Waals surface area contributed by atoms with Crippen molar-refractivity contribution in [1.29, 1.82) is 5.26 Å². The minimum Gasteiger partial charge on any atom is -0.340 e. The van der Waals surface area contributed by atoms with E-state index in [1.165, 1.54) is 11.0 Å². The Bertz CT molecular complexity index is 543. The topological polar surface area (TPSA) is 59.4 Å². The van der Waals surface area contributed by atoms with Crippen molar-refractivity contribution in [1.82, 2.24) is 15.1 Å². The highest BCUT2D eigenvalue weighted by Gasteiger charge is 2.25. The fourth-order valence-electron chi connectivity index (χ4n) is 2.33. The number of piperazine rings is 1. The van der Waals surface area contributed by atoms with Crippen molar-refractivity contribution in [2.75, 3.05) is 33.2 Å². The normalized spacial score (nSPS) is 19.0. The van der Waals surface area contributed by atoms with E-state index in [1.807, 2.05) is 4.90 Å². The van der Waals surface area contributed by atoms with E-state index in [0.717, 1.165) is 6.54 Å². The number of carbonyl (C=O) groups excluding carboxylic acids is 1. The average molecular weight is 290 g/mol. The Morgan fingerprint density at radius 3 is 3.05 bits per heavy atom. The number of hydrogen-bond donors (Lipinski definition) is 1. The maximum atomic E-state index is 13.6. The van der Waals surface area contributed by atoms with Crippen LogP contribution in [0.1, 0.15) is 5.56 Å². The van der Waals surface area contributed by atoms with Gasteiger partial charge in [-0.25, -0.2) is 4.39 Å². The summed E-state index contributed by atoms with van der Waals surface area (Å²) in [6.45, 7) is 2.42. The maximum Gasteiger partial charge on any atom is 0.236 e. The van der Waals surface area contributed by atoms with Crippen LogP contribution >= 0.6 is 0 Å². The van der Waals surface area contributed by atoms with E-state index >= 15 is 0 Å². The summed E-state index contributed by atoms with van der Waals surface area (Å²) in [4.78, 5) is 15.6. The predicted octanol–water partition coefficient (Wildman–Crippen LogP) is 0.581. The maximum absolute atomic E-state index is 13.6. The number of benzene rings is 1. The van der Waals surface area contributed by atoms with E-state index in [2.05, 4.69) is 11.4 Å². The summed E-state index contributed by atoms with van der Waals surface area (Å²) in [5.41, 5.74) is 0.491. The molecule has 1 aromatic carbocycles. The Morgan fingerprint density at radius 1 is 1.57 bits per heavy atom. The second-order valence-electron chi connectivity index (χ2n) is 5.16. The van der Waals surface area contributed by atoms with Gasteiger partial charge in [0.05, 0.1) is 12.6 Å². The smallest absolute Gasteiger partial charge is 0.236 e. The number of nitrogens with zero attached hydrogens (tertiary/aromatic N) is 3. The predicted molar refractivity (Wildman–Crippen MR) is 76.7 cm³/mol. The molecular formula is C15H19FN4O. The van der Waals surface area contributed by atoms with Crippen LogP contribution in [0.15, 0.2) is 24.3 Å². The molecule has 5 nitrogen and oxygen atoms in total. The van der Waals surface area contributed by atoms with Gasteiger partial charge in [0, 0.05) is 38.8 Å². The third kappa shape index (κ3) is 4.00. The van der Waals surface area contributed by atoms with Gasteiger partial charge in [0.2, 0.25) is 5.91 Å². The van der Waals surface area contributed by atoms with Gasteiger partial charge in [-0.15, -0.1) is 0 Å². The lowest BCUT2D eigenvalue weighted by molar-refractivity contribution is -0.132. The summed E-state index contributed by atoms with van der Waals surface area (Å²) < 4.78 is 13.6. The molecule has 1 amide bonds. The first kappa shape index (κ1) is 15.4. The minimum atomic E-state index is -0.311. The molecule has 1 aliphatic heterocycles. The van der Waals surface area contributed by atoms with Crippen LogP contribution in [0.3, 0.4) is 0 Å². The molecule has 1 aromatic rings. The van der Waals surface area contributed by atoms with Gasteiger partial charge >= 0.3 is 0 Å². The number of rotatable bonds is 4. The first-order chi connectivity index (χ1) is 10.1. The molecule has 0 saturated carbocycles. The van der Waals surface area contributed by atoms with Gasteiger partial charge in [0.15, 0.2) is 0 Å². The van der Waals surface area contributed by atoms with E-state index < -0.39 is 0 Å². The molecule has 112 valence electrons. The molecule has 1 N–H and O–H groups in total. The SMILES string of the molecule is CN(Cc1ccccc1F)C(=O)CN1CCNCC1C#N. The minimum absolute atomic E-state index is 0.111. The van der Waals surface area contributed by atoms with E-state index in [9.17, 15) is 9.18 Å². The lowest BCUT2D eigenvalue weighted by Crippen LogP contribution is -2.53. The van der Waals surface area contributed by atoms with E-state index in [-0.39, 0.29) is 30.9 Å². The van der Waals surface area contributed by atoms with Crippen molar-refractivity contribution in [3.63, 3.8) is 0 Å². The summed E-state index contributed by atoms with van der Waals surface area (Å²) in [6, 6.07) is 8.33. The molecule has 1 unspecified atom stereocenters. The largest absolute Gasteiger partial charge is 0.340 e. The molecule has 0 aromatic heterocycles. The van der Waals surface area contributed by atoms with Gasteiger partial charge in [0.1, 0.15) is 11.9 Å². The van der Waals surface area contributed by atoms with E-state index in [4.69, 9.17) is 5.26 Å². The standard InChI is InChI=1S/C15H19FN4O/c1-19(10-12-4-2-3-5-14(12)16)15(21)11-20-7-6-18-9-13(20)8-17/h2-5,13,18H,6-7,9-11H2,1H3. The van der Waals surface area contributed by atoms with E-state index in [1.54, 1.807) is 25.2 Å². The van der Waals surface area contributed by atoms with Crippen molar-refractivity contribution in [2.24, 2.45) is 0 Å². The third-order valence-electron chi connectivity index (χ3n) is 3.63. The summed E-state index contributed by atoms with van der Waals surface area (Å²) in [7, 11) is 1.65. The van der Waals surface area contributed by atoms with Crippen LogP contribution in [0.2, 0.25) is 0 Å². The Morgan fingerprint density at radius 2 is 2.33 bits per heavy atom. The molecule has 21 heavy (non-hydrogen) atoms.